The molecule has 2 heterocycles. The third kappa shape index (κ3) is 2.67. The van der Waals surface area contributed by atoms with Gasteiger partial charge in [0.1, 0.15) is 5.75 Å². The summed E-state index contributed by atoms with van der Waals surface area (Å²) in [6.07, 6.45) is 1.51. The number of furan rings is 2. The molecule has 0 saturated carbocycles. The standard InChI is InChI=1S/C23H20O5/c1-12-7-8-16-19(21(25)15-10-13(2)14(3)18(11-15)26-4)23(17-6-5-9-27-17)28-22(16)20(12)24/h5-11,24H,1-4H3. The van der Waals surface area contributed by atoms with Crippen LogP contribution in [0.15, 0.2) is 51.5 Å². The molecule has 2 aromatic carbocycles. The second kappa shape index (κ2) is 6.60. The summed E-state index contributed by atoms with van der Waals surface area (Å²) in [7, 11) is 1.58. The summed E-state index contributed by atoms with van der Waals surface area (Å²) >= 11 is 0. The largest absolute Gasteiger partial charge is 0.504 e. The molecule has 4 rings (SSSR count). The average Bonchev–Trinajstić information content (AvgIpc) is 3.34. The number of methoxy groups -OCH3 is 1. The Hall–Kier alpha value is -3.47. The number of phenols is 1. The number of carbonyl (C=O) groups is 1. The van der Waals surface area contributed by atoms with Crippen molar-refractivity contribution in [1.82, 2.24) is 0 Å². The van der Waals surface area contributed by atoms with E-state index in [9.17, 15) is 9.90 Å². The zero-order chi connectivity index (χ0) is 20.0. The van der Waals surface area contributed by atoms with Crippen LogP contribution >= 0.6 is 0 Å². The van der Waals surface area contributed by atoms with Crippen molar-refractivity contribution in [1.29, 1.82) is 0 Å². The molecule has 142 valence electrons. The molecular weight excluding hydrogens is 356 g/mol. The lowest BCUT2D eigenvalue weighted by atomic mass is 9.95. The summed E-state index contributed by atoms with van der Waals surface area (Å²) < 4.78 is 16.8. The minimum Gasteiger partial charge on any atom is -0.504 e. The highest BCUT2D eigenvalue weighted by Crippen LogP contribution is 2.40. The van der Waals surface area contributed by atoms with E-state index in [1.165, 1.54) is 6.26 Å². The number of phenolic OH excluding ortho intramolecular Hbond substituents is 1. The van der Waals surface area contributed by atoms with Crippen molar-refractivity contribution in [2.45, 2.75) is 20.8 Å². The predicted octanol–water partition coefficient (Wildman–Crippen LogP) is 5.56. The van der Waals surface area contributed by atoms with Crippen molar-refractivity contribution in [2.24, 2.45) is 0 Å². The number of fused-ring (bicyclic) bond motifs is 1. The quantitative estimate of drug-likeness (QED) is 0.472. The van der Waals surface area contributed by atoms with E-state index >= 15 is 0 Å². The first-order valence-corrected chi connectivity index (χ1v) is 8.91. The summed E-state index contributed by atoms with van der Waals surface area (Å²) in [5.74, 6) is 1.15. The fourth-order valence-electron chi connectivity index (χ4n) is 3.37. The third-order valence-electron chi connectivity index (χ3n) is 5.11. The molecule has 0 radical (unpaired) electrons. The molecule has 0 saturated heterocycles. The van der Waals surface area contributed by atoms with Crippen LogP contribution in [0.5, 0.6) is 11.5 Å². The molecule has 0 fully saturated rings. The van der Waals surface area contributed by atoms with Crippen LogP contribution in [-0.4, -0.2) is 18.0 Å². The number of ether oxygens (including phenoxy) is 1. The van der Waals surface area contributed by atoms with Crippen LogP contribution in [0.4, 0.5) is 0 Å². The number of hydrogen-bond acceptors (Lipinski definition) is 5. The van der Waals surface area contributed by atoms with Gasteiger partial charge in [0.05, 0.1) is 18.9 Å². The van der Waals surface area contributed by atoms with E-state index in [0.29, 0.717) is 39.3 Å². The maximum absolute atomic E-state index is 13.5. The summed E-state index contributed by atoms with van der Waals surface area (Å²) in [5.41, 5.74) is 3.70. The first-order valence-electron chi connectivity index (χ1n) is 8.91. The highest BCUT2D eigenvalue weighted by atomic mass is 16.5. The van der Waals surface area contributed by atoms with Gasteiger partial charge in [0, 0.05) is 10.9 Å². The van der Waals surface area contributed by atoms with Crippen molar-refractivity contribution in [2.75, 3.05) is 7.11 Å². The summed E-state index contributed by atoms with van der Waals surface area (Å²) in [6, 6.07) is 10.5. The molecule has 2 aromatic heterocycles. The zero-order valence-electron chi connectivity index (χ0n) is 16.1. The second-order valence-corrected chi connectivity index (χ2v) is 6.84. The number of aromatic hydroxyl groups is 1. The number of aryl methyl sites for hydroxylation is 2. The molecule has 28 heavy (non-hydrogen) atoms. The van der Waals surface area contributed by atoms with Gasteiger partial charge in [0.25, 0.3) is 0 Å². The van der Waals surface area contributed by atoms with Gasteiger partial charge in [-0.1, -0.05) is 6.07 Å². The Morgan fingerprint density at radius 3 is 2.54 bits per heavy atom. The van der Waals surface area contributed by atoms with Gasteiger partial charge in [0.2, 0.25) is 0 Å². The fraction of sp³-hybridized carbons (Fsp3) is 0.174. The van der Waals surface area contributed by atoms with E-state index in [0.717, 1.165) is 11.1 Å². The third-order valence-corrected chi connectivity index (χ3v) is 5.11. The Morgan fingerprint density at radius 2 is 1.86 bits per heavy atom. The van der Waals surface area contributed by atoms with Gasteiger partial charge in [-0.2, -0.15) is 0 Å². The number of carbonyl (C=O) groups excluding carboxylic acids is 1. The molecule has 0 aliphatic carbocycles. The van der Waals surface area contributed by atoms with Crippen molar-refractivity contribution in [3.8, 4) is 23.0 Å². The van der Waals surface area contributed by atoms with E-state index in [4.69, 9.17) is 13.6 Å². The number of benzene rings is 2. The number of hydrogen-bond donors (Lipinski definition) is 1. The van der Waals surface area contributed by atoms with Crippen molar-refractivity contribution in [3.05, 3.63) is 70.5 Å². The van der Waals surface area contributed by atoms with Gasteiger partial charge in [-0.05, 0) is 67.8 Å². The van der Waals surface area contributed by atoms with Gasteiger partial charge >= 0.3 is 0 Å². The van der Waals surface area contributed by atoms with Crippen LogP contribution in [0.2, 0.25) is 0 Å². The molecule has 1 N–H and O–H groups in total. The molecule has 0 bridgehead atoms. The average molecular weight is 376 g/mol. The maximum Gasteiger partial charge on any atom is 0.197 e. The zero-order valence-corrected chi connectivity index (χ0v) is 16.1. The van der Waals surface area contributed by atoms with Gasteiger partial charge < -0.3 is 18.7 Å². The summed E-state index contributed by atoms with van der Waals surface area (Å²) in [5, 5.41) is 11.0. The minimum absolute atomic E-state index is 0.0158. The highest BCUT2D eigenvalue weighted by molar-refractivity contribution is 6.20. The number of ketones is 1. The lowest BCUT2D eigenvalue weighted by Crippen LogP contribution is -2.04. The highest BCUT2D eigenvalue weighted by Gasteiger charge is 2.27. The van der Waals surface area contributed by atoms with E-state index in [1.807, 2.05) is 19.9 Å². The van der Waals surface area contributed by atoms with Gasteiger partial charge in [0.15, 0.2) is 28.6 Å². The topological polar surface area (TPSA) is 72.8 Å². The van der Waals surface area contributed by atoms with Crippen LogP contribution in [0.1, 0.15) is 32.6 Å². The monoisotopic (exact) mass is 376 g/mol. The smallest absolute Gasteiger partial charge is 0.197 e. The molecule has 0 aliphatic rings. The molecule has 0 aliphatic heterocycles. The van der Waals surface area contributed by atoms with E-state index in [-0.39, 0.29) is 17.1 Å². The normalized spacial score (nSPS) is 11.1. The van der Waals surface area contributed by atoms with Gasteiger partial charge in [-0.15, -0.1) is 0 Å². The van der Waals surface area contributed by atoms with E-state index in [1.54, 1.807) is 44.4 Å². The molecule has 0 amide bonds. The first-order chi connectivity index (χ1) is 13.4. The van der Waals surface area contributed by atoms with Crippen molar-refractivity contribution < 1.29 is 23.5 Å². The van der Waals surface area contributed by atoms with Crippen LogP contribution in [0, 0.1) is 20.8 Å². The Morgan fingerprint density at radius 1 is 1.07 bits per heavy atom. The van der Waals surface area contributed by atoms with E-state index in [2.05, 4.69) is 0 Å². The predicted molar refractivity (Wildman–Crippen MR) is 106 cm³/mol. The van der Waals surface area contributed by atoms with Crippen LogP contribution in [0.25, 0.3) is 22.5 Å². The molecular formula is C23H20O5. The fourth-order valence-corrected chi connectivity index (χ4v) is 3.37. The Bertz CT molecular complexity index is 1200. The number of rotatable bonds is 4. The molecule has 5 nitrogen and oxygen atoms in total. The maximum atomic E-state index is 13.5. The van der Waals surface area contributed by atoms with Crippen molar-refractivity contribution >= 4 is 16.8 Å². The Balaban J connectivity index is 2.00. The molecule has 0 unspecified atom stereocenters. The van der Waals surface area contributed by atoms with Crippen LogP contribution in [-0.2, 0) is 0 Å². The molecule has 4 aromatic rings. The molecule has 0 spiro atoms. The summed E-state index contributed by atoms with van der Waals surface area (Å²) in [6.45, 7) is 5.66. The van der Waals surface area contributed by atoms with Crippen LogP contribution < -0.4 is 4.74 Å². The van der Waals surface area contributed by atoms with Crippen LogP contribution in [0.3, 0.4) is 0 Å². The minimum atomic E-state index is -0.227. The SMILES string of the molecule is COc1cc(C(=O)c2c(-c3ccco3)oc3c(O)c(C)ccc23)cc(C)c1C. The van der Waals surface area contributed by atoms with E-state index < -0.39 is 0 Å². The Labute approximate surface area is 162 Å². The molecule has 0 atom stereocenters. The van der Waals surface area contributed by atoms with Crippen molar-refractivity contribution in [3.63, 3.8) is 0 Å². The lowest BCUT2D eigenvalue weighted by Gasteiger charge is -2.10. The first kappa shape index (κ1) is 17.9. The second-order valence-electron chi connectivity index (χ2n) is 6.84. The molecule has 5 heteroatoms. The van der Waals surface area contributed by atoms with Gasteiger partial charge in [-0.25, -0.2) is 0 Å². The summed E-state index contributed by atoms with van der Waals surface area (Å²) in [4.78, 5) is 13.5. The van der Waals surface area contributed by atoms with Gasteiger partial charge in [-0.3, -0.25) is 4.79 Å². The Kier molecular flexibility index (Phi) is 4.23. The lowest BCUT2D eigenvalue weighted by molar-refractivity contribution is 0.103.